The molecule has 0 unspecified atom stereocenters. The summed E-state index contributed by atoms with van der Waals surface area (Å²) in [4.78, 5) is 19.2. The third-order valence-corrected chi connectivity index (χ3v) is 5.21. The molecule has 0 spiro atoms. The largest absolute Gasteiger partial charge is 0.383 e. The van der Waals surface area contributed by atoms with E-state index in [0.29, 0.717) is 5.56 Å². The van der Waals surface area contributed by atoms with Crippen molar-refractivity contribution in [2.75, 3.05) is 23.3 Å². The van der Waals surface area contributed by atoms with Crippen LogP contribution in [-0.4, -0.2) is 24.0 Å². The number of benzene rings is 2. The number of nitrogens with zero attached hydrogens (tertiary/aromatic N) is 2. The molecule has 5 heteroatoms. The number of nitrogens with one attached hydrogen (secondary N) is 1. The van der Waals surface area contributed by atoms with E-state index in [1.54, 1.807) is 12.4 Å². The van der Waals surface area contributed by atoms with Crippen LogP contribution in [0, 0.1) is 0 Å². The Morgan fingerprint density at radius 2 is 2.00 bits per heavy atom. The van der Waals surface area contributed by atoms with Crippen LogP contribution in [0.5, 0.6) is 0 Å². The summed E-state index contributed by atoms with van der Waals surface area (Å²) in [5.41, 5.74) is 4.86. The fraction of sp³-hybridized carbons (Fsp3) is 0.217. The summed E-state index contributed by atoms with van der Waals surface area (Å²) in [6.45, 7) is 1.48. The van der Waals surface area contributed by atoms with Gasteiger partial charge in [0.25, 0.3) is 5.91 Å². The molecule has 0 bridgehead atoms. The molecule has 0 saturated heterocycles. The van der Waals surface area contributed by atoms with Crippen LogP contribution >= 0.6 is 11.6 Å². The van der Waals surface area contributed by atoms with E-state index < -0.39 is 0 Å². The molecular formula is C23H22ClN3O. The van der Waals surface area contributed by atoms with Crippen LogP contribution in [-0.2, 0) is 12.8 Å². The molecule has 4 nitrogen and oxygen atoms in total. The summed E-state index contributed by atoms with van der Waals surface area (Å²) < 4.78 is 0. The molecule has 0 atom stereocenters. The lowest BCUT2D eigenvalue weighted by molar-refractivity contribution is 0.0985. The third kappa shape index (κ3) is 4.18. The van der Waals surface area contributed by atoms with E-state index in [2.05, 4.69) is 22.4 Å². The number of carbonyl (C=O) groups is 1. The molecule has 0 radical (unpaired) electrons. The minimum Gasteiger partial charge on any atom is -0.383 e. The minimum atomic E-state index is -0.00172. The fourth-order valence-corrected chi connectivity index (χ4v) is 3.81. The first-order chi connectivity index (χ1) is 13.7. The second-order valence-electron chi connectivity index (χ2n) is 6.96. The molecule has 3 aromatic rings. The van der Waals surface area contributed by atoms with Crippen molar-refractivity contribution in [1.29, 1.82) is 0 Å². The van der Waals surface area contributed by atoms with Gasteiger partial charge in [-0.25, -0.2) is 0 Å². The van der Waals surface area contributed by atoms with Crippen LogP contribution in [0.4, 0.5) is 11.4 Å². The van der Waals surface area contributed by atoms with Crippen LogP contribution in [0.3, 0.4) is 0 Å². The number of hydrogen-bond acceptors (Lipinski definition) is 3. The molecule has 1 N–H and O–H groups in total. The number of aryl methyl sites for hydroxylation is 1. The number of hydrogen-bond donors (Lipinski definition) is 1. The maximum atomic E-state index is 13.1. The Hall–Kier alpha value is -2.85. The standard InChI is InChI=1S/C23H22ClN3O/c24-20-8-3-5-17(13-20)10-11-26-21-14-19(15-25-16-21)23(28)27-12-4-7-18-6-1-2-9-22(18)27/h1-3,5-6,8-9,13-16,26H,4,7,10-12H2. The zero-order valence-corrected chi connectivity index (χ0v) is 16.3. The van der Waals surface area contributed by atoms with Crippen molar-refractivity contribution in [2.45, 2.75) is 19.3 Å². The van der Waals surface area contributed by atoms with Gasteiger partial charge in [-0.05, 0) is 54.7 Å². The van der Waals surface area contributed by atoms with E-state index >= 15 is 0 Å². The number of carbonyl (C=O) groups excluding carboxylic acids is 1. The number of amides is 1. The highest BCUT2D eigenvalue weighted by molar-refractivity contribution is 6.30. The number of halogens is 1. The highest BCUT2D eigenvalue weighted by Gasteiger charge is 2.23. The minimum absolute atomic E-state index is 0.00172. The van der Waals surface area contributed by atoms with E-state index in [1.807, 2.05) is 47.4 Å². The van der Waals surface area contributed by atoms with Crippen LogP contribution < -0.4 is 10.2 Å². The van der Waals surface area contributed by atoms with Crippen LogP contribution in [0.1, 0.15) is 27.9 Å². The molecule has 4 rings (SSSR count). The van der Waals surface area contributed by atoms with Gasteiger partial charge in [0.05, 0.1) is 11.3 Å². The van der Waals surface area contributed by atoms with Crippen molar-refractivity contribution in [1.82, 2.24) is 4.98 Å². The summed E-state index contributed by atoms with van der Waals surface area (Å²) in [5, 5.41) is 4.10. The Balaban J connectivity index is 1.44. The molecular weight excluding hydrogens is 370 g/mol. The van der Waals surface area contributed by atoms with Crippen molar-refractivity contribution in [3.8, 4) is 0 Å². The lowest BCUT2D eigenvalue weighted by Crippen LogP contribution is -2.35. The molecule has 1 aliphatic heterocycles. The van der Waals surface area contributed by atoms with Crippen molar-refractivity contribution in [3.05, 3.63) is 88.7 Å². The number of rotatable bonds is 5. The number of anilines is 2. The Labute approximate surface area is 170 Å². The summed E-state index contributed by atoms with van der Waals surface area (Å²) in [5.74, 6) is -0.00172. The van der Waals surface area contributed by atoms with Crippen molar-refractivity contribution >= 4 is 28.9 Å². The maximum absolute atomic E-state index is 13.1. The molecule has 0 fully saturated rings. The van der Waals surface area contributed by atoms with Gasteiger partial charge < -0.3 is 10.2 Å². The predicted octanol–water partition coefficient (Wildman–Crippen LogP) is 4.98. The average molecular weight is 392 g/mol. The van der Waals surface area contributed by atoms with E-state index in [-0.39, 0.29) is 5.91 Å². The van der Waals surface area contributed by atoms with Gasteiger partial charge in [-0.2, -0.15) is 0 Å². The lowest BCUT2D eigenvalue weighted by atomic mass is 10.0. The molecule has 0 aliphatic carbocycles. The van der Waals surface area contributed by atoms with Crippen molar-refractivity contribution in [2.24, 2.45) is 0 Å². The third-order valence-electron chi connectivity index (χ3n) is 4.97. The Morgan fingerprint density at radius 3 is 2.89 bits per heavy atom. The van der Waals surface area contributed by atoms with E-state index in [4.69, 9.17) is 11.6 Å². The SMILES string of the molecule is O=C(c1cncc(NCCc2cccc(Cl)c2)c1)N1CCCc2ccccc21. The quantitative estimate of drug-likeness (QED) is 0.666. The molecule has 28 heavy (non-hydrogen) atoms. The number of pyridine rings is 1. The Bertz CT molecular complexity index is 989. The molecule has 142 valence electrons. The first-order valence-corrected chi connectivity index (χ1v) is 9.91. The summed E-state index contributed by atoms with van der Waals surface area (Å²) in [7, 11) is 0. The lowest BCUT2D eigenvalue weighted by Gasteiger charge is -2.29. The molecule has 1 aliphatic rings. The van der Waals surface area contributed by atoms with E-state index in [1.165, 1.54) is 11.1 Å². The van der Waals surface area contributed by atoms with Gasteiger partial charge in [-0.1, -0.05) is 41.9 Å². The number of aromatic nitrogens is 1. The smallest absolute Gasteiger partial charge is 0.259 e. The Morgan fingerprint density at radius 1 is 1.11 bits per heavy atom. The highest BCUT2D eigenvalue weighted by atomic mass is 35.5. The second-order valence-corrected chi connectivity index (χ2v) is 7.39. The van der Waals surface area contributed by atoms with E-state index in [0.717, 1.165) is 48.7 Å². The van der Waals surface area contributed by atoms with Gasteiger partial charge in [0.15, 0.2) is 0 Å². The number of para-hydroxylation sites is 1. The summed E-state index contributed by atoms with van der Waals surface area (Å²) in [6, 6.07) is 17.9. The van der Waals surface area contributed by atoms with Gasteiger partial charge in [0, 0.05) is 36.2 Å². The molecule has 0 saturated carbocycles. The first kappa shape index (κ1) is 18.5. The Kier molecular flexibility index (Phi) is 5.58. The van der Waals surface area contributed by atoms with Gasteiger partial charge in [0.1, 0.15) is 0 Å². The van der Waals surface area contributed by atoms with Gasteiger partial charge >= 0.3 is 0 Å². The van der Waals surface area contributed by atoms with Crippen LogP contribution in [0.15, 0.2) is 67.0 Å². The zero-order valence-electron chi connectivity index (χ0n) is 15.6. The van der Waals surface area contributed by atoms with Crippen LogP contribution in [0.25, 0.3) is 0 Å². The monoisotopic (exact) mass is 391 g/mol. The summed E-state index contributed by atoms with van der Waals surface area (Å²) >= 11 is 6.03. The molecule has 2 aromatic carbocycles. The zero-order chi connectivity index (χ0) is 19.3. The molecule has 2 heterocycles. The first-order valence-electron chi connectivity index (χ1n) is 9.54. The van der Waals surface area contributed by atoms with Gasteiger partial charge in [0.2, 0.25) is 0 Å². The normalized spacial score (nSPS) is 13.1. The van der Waals surface area contributed by atoms with Crippen LogP contribution in [0.2, 0.25) is 5.02 Å². The fourth-order valence-electron chi connectivity index (χ4n) is 3.60. The molecule has 1 aromatic heterocycles. The number of fused-ring (bicyclic) bond motifs is 1. The second kappa shape index (κ2) is 8.44. The van der Waals surface area contributed by atoms with Gasteiger partial charge in [-0.3, -0.25) is 9.78 Å². The molecule has 1 amide bonds. The van der Waals surface area contributed by atoms with Crippen molar-refractivity contribution < 1.29 is 4.79 Å². The summed E-state index contributed by atoms with van der Waals surface area (Å²) in [6.07, 6.45) is 6.23. The van der Waals surface area contributed by atoms with E-state index in [9.17, 15) is 4.79 Å². The van der Waals surface area contributed by atoms with Crippen molar-refractivity contribution in [3.63, 3.8) is 0 Å². The topological polar surface area (TPSA) is 45.2 Å². The predicted molar refractivity (Wildman–Crippen MR) is 114 cm³/mol. The average Bonchev–Trinajstić information content (AvgIpc) is 2.73. The highest BCUT2D eigenvalue weighted by Crippen LogP contribution is 2.28. The van der Waals surface area contributed by atoms with Gasteiger partial charge in [-0.15, -0.1) is 0 Å². The maximum Gasteiger partial charge on any atom is 0.259 e.